The maximum absolute atomic E-state index is 12.6. The highest BCUT2D eigenvalue weighted by molar-refractivity contribution is 7.98. The molecule has 0 saturated carbocycles. The van der Waals surface area contributed by atoms with Gasteiger partial charge in [-0.25, -0.2) is 9.97 Å². The Balaban J connectivity index is 1.28. The number of aryl methyl sites for hydroxylation is 1. The number of carbonyl (C=O) groups excluding carboxylic acids is 1. The Hall–Kier alpha value is -2.57. The van der Waals surface area contributed by atoms with Crippen LogP contribution >= 0.6 is 23.4 Å². The number of nitrogens with one attached hydrogen (secondary N) is 1. The van der Waals surface area contributed by atoms with Crippen molar-refractivity contribution in [3.05, 3.63) is 82.5 Å². The van der Waals surface area contributed by atoms with E-state index in [-0.39, 0.29) is 11.9 Å². The van der Waals surface area contributed by atoms with Crippen molar-refractivity contribution >= 4 is 35.1 Å². The van der Waals surface area contributed by atoms with Gasteiger partial charge in [-0.1, -0.05) is 65.8 Å². The summed E-state index contributed by atoms with van der Waals surface area (Å²) in [5.74, 6) is 1.58. The molecule has 0 aliphatic carbocycles. The first-order valence-corrected chi connectivity index (χ1v) is 12.8. The van der Waals surface area contributed by atoms with Crippen LogP contribution in [-0.4, -0.2) is 35.0 Å². The van der Waals surface area contributed by atoms with Crippen LogP contribution in [0.15, 0.2) is 65.8 Å². The molecule has 1 aliphatic heterocycles. The lowest BCUT2D eigenvalue weighted by atomic mass is 10.1. The molecule has 3 aromatic rings. The zero-order chi connectivity index (χ0) is 23.0. The lowest BCUT2D eigenvalue weighted by molar-refractivity contribution is 0.0938. The molecule has 0 bridgehead atoms. The Bertz CT molecular complexity index is 1060. The second kappa shape index (κ2) is 11.5. The first kappa shape index (κ1) is 23.6. The quantitative estimate of drug-likeness (QED) is 0.239. The maximum Gasteiger partial charge on any atom is 0.251 e. The summed E-state index contributed by atoms with van der Waals surface area (Å²) in [5.41, 5.74) is 3.07. The number of nitrogens with zero attached hydrogens (tertiary/aromatic N) is 3. The van der Waals surface area contributed by atoms with Gasteiger partial charge >= 0.3 is 0 Å². The normalized spacial score (nSPS) is 14.3. The first-order chi connectivity index (χ1) is 16.1. The largest absolute Gasteiger partial charge is 0.356 e. The number of hydrogen-bond donors (Lipinski definition) is 1. The monoisotopic (exact) mass is 480 g/mol. The highest BCUT2D eigenvalue weighted by Crippen LogP contribution is 2.26. The Morgan fingerprint density at radius 1 is 1.06 bits per heavy atom. The predicted molar refractivity (Wildman–Crippen MR) is 136 cm³/mol. The van der Waals surface area contributed by atoms with Gasteiger partial charge in [-0.15, -0.1) is 0 Å². The van der Waals surface area contributed by atoms with Crippen molar-refractivity contribution in [2.45, 2.75) is 49.6 Å². The summed E-state index contributed by atoms with van der Waals surface area (Å²) in [6.07, 6.45) is 4.23. The van der Waals surface area contributed by atoms with Crippen molar-refractivity contribution in [3.63, 3.8) is 0 Å². The van der Waals surface area contributed by atoms with Gasteiger partial charge in [0.2, 0.25) is 0 Å². The molecule has 1 aromatic heterocycles. The molecular weight excluding hydrogens is 452 g/mol. The third kappa shape index (κ3) is 6.95. The Morgan fingerprint density at radius 3 is 2.52 bits per heavy atom. The van der Waals surface area contributed by atoms with Crippen LogP contribution in [0, 0.1) is 0 Å². The van der Waals surface area contributed by atoms with E-state index in [1.807, 2.05) is 55.5 Å². The minimum Gasteiger partial charge on any atom is -0.356 e. The van der Waals surface area contributed by atoms with E-state index in [9.17, 15) is 4.79 Å². The lowest BCUT2D eigenvalue weighted by Crippen LogP contribution is -2.32. The smallest absolute Gasteiger partial charge is 0.251 e. The van der Waals surface area contributed by atoms with E-state index in [2.05, 4.69) is 32.3 Å². The van der Waals surface area contributed by atoms with E-state index in [1.54, 1.807) is 11.8 Å². The second-order valence-electron chi connectivity index (χ2n) is 8.41. The van der Waals surface area contributed by atoms with Gasteiger partial charge in [0.05, 0.1) is 0 Å². The van der Waals surface area contributed by atoms with E-state index < -0.39 is 0 Å². The van der Waals surface area contributed by atoms with Crippen LogP contribution in [0.3, 0.4) is 0 Å². The van der Waals surface area contributed by atoms with Gasteiger partial charge in [0.25, 0.3) is 5.91 Å². The lowest BCUT2D eigenvalue weighted by Gasteiger charge is -2.16. The fourth-order valence-electron chi connectivity index (χ4n) is 3.87. The number of hydrogen-bond acceptors (Lipinski definition) is 5. The summed E-state index contributed by atoms with van der Waals surface area (Å²) < 4.78 is 0. The van der Waals surface area contributed by atoms with Gasteiger partial charge in [-0.05, 0) is 55.9 Å². The molecule has 172 valence electrons. The fraction of sp³-hybridized carbons (Fsp3) is 0.346. The fourth-order valence-corrected chi connectivity index (χ4v) is 4.90. The highest BCUT2D eigenvalue weighted by atomic mass is 35.5. The molecule has 0 radical (unpaired) electrons. The molecule has 1 N–H and O–H groups in total. The number of amides is 1. The number of thioether (sulfide) groups is 1. The maximum atomic E-state index is 12.6. The molecule has 33 heavy (non-hydrogen) atoms. The van der Waals surface area contributed by atoms with Gasteiger partial charge in [-0.3, -0.25) is 4.79 Å². The number of carbonyl (C=O) groups is 1. The highest BCUT2D eigenvalue weighted by Gasteiger charge is 2.16. The minimum absolute atomic E-state index is 0.0387. The average Bonchev–Trinajstić information content (AvgIpc) is 3.37. The Labute approximate surface area is 205 Å². The average molecular weight is 481 g/mol. The van der Waals surface area contributed by atoms with Crippen LogP contribution < -0.4 is 10.2 Å². The van der Waals surface area contributed by atoms with E-state index in [1.165, 1.54) is 18.4 Å². The molecule has 1 saturated heterocycles. The van der Waals surface area contributed by atoms with Gasteiger partial charge in [0.1, 0.15) is 11.0 Å². The number of anilines is 1. The molecule has 1 unspecified atom stereocenters. The Kier molecular flexibility index (Phi) is 8.24. The number of rotatable bonds is 9. The molecule has 1 amide bonds. The molecule has 2 aromatic carbocycles. The van der Waals surface area contributed by atoms with E-state index in [0.717, 1.165) is 43.1 Å². The van der Waals surface area contributed by atoms with Crippen LogP contribution in [0.2, 0.25) is 5.15 Å². The summed E-state index contributed by atoms with van der Waals surface area (Å²) >= 11 is 7.79. The van der Waals surface area contributed by atoms with Crippen LogP contribution in [0.25, 0.3) is 0 Å². The van der Waals surface area contributed by atoms with Crippen LogP contribution in [0.5, 0.6) is 0 Å². The third-order valence-electron chi connectivity index (χ3n) is 5.76. The molecule has 0 spiro atoms. The predicted octanol–water partition coefficient (Wildman–Crippen LogP) is 5.77. The van der Waals surface area contributed by atoms with Gasteiger partial charge in [-0.2, -0.15) is 0 Å². The van der Waals surface area contributed by atoms with Crippen LogP contribution in [0.4, 0.5) is 5.82 Å². The molecule has 7 heteroatoms. The van der Waals surface area contributed by atoms with Crippen molar-refractivity contribution in [1.82, 2.24) is 15.3 Å². The van der Waals surface area contributed by atoms with E-state index in [0.29, 0.717) is 15.9 Å². The summed E-state index contributed by atoms with van der Waals surface area (Å²) in [4.78, 5) is 23.9. The molecule has 5 nitrogen and oxygen atoms in total. The number of halogens is 1. The molecular formula is C26H29ClN4OS. The van der Waals surface area contributed by atoms with E-state index >= 15 is 0 Å². The molecule has 1 atom stereocenters. The van der Waals surface area contributed by atoms with Gasteiger partial charge < -0.3 is 10.2 Å². The van der Waals surface area contributed by atoms with Gasteiger partial charge in [0, 0.05) is 36.5 Å². The SMILES string of the molecule is CC(CCc1ccccc1)NC(=O)c1ccc(CSc2nc(Cl)cc(N3CCCC3)n2)cc1. The van der Waals surface area contributed by atoms with Crippen molar-refractivity contribution in [2.75, 3.05) is 18.0 Å². The summed E-state index contributed by atoms with van der Waals surface area (Å²) in [6, 6.07) is 20.0. The molecule has 1 aliphatic rings. The topological polar surface area (TPSA) is 58.1 Å². The zero-order valence-corrected chi connectivity index (χ0v) is 20.4. The Morgan fingerprint density at radius 2 is 1.79 bits per heavy atom. The standard InChI is InChI=1S/C26H29ClN4OS/c1-19(9-10-20-7-3-2-4-8-20)28-25(32)22-13-11-21(12-14-22)18-33-26-29-23(27)17-24(30-26)31-15-5-6-16-31/h2-4,7-8,11-14,17,19H,5-6,9-10,15-16,18H2,1H3,(H,28,32). The second-order valence-corrected chi connectivity index (χ2v) is 9.74. The minimum atomic E-state index is -0.0387. The summed E-state index contributed by atoms with van der Waals surface area (Å²) in [6.45, 7) is 4.09. The number of aromatic nitrogens is 2. The van der Waals surface area contributed by atoms with Crippen LogP contribution in [-0.2, 0) is 12.2 Å². The van der Waals surface area contributed by atoms with Crippen molar-refractivity contribution in [1.29, 1.82) is 0 Å². The van der Waals surface area contributed by atoms with Gasteiger partial charge in [0.15, 0.2) is 5.16 Å². The zero-order valence-electron chi connectivity index (χ0n) is 18.8. The molecule has 4 rings (SSSR count). The van der Waals surface area contributed by atoms with E-state index in [4.69, 9.17) is 11.6 Å². The summed E-state index contributed by atoms with van der Waals surface area (Å²) in [5, 5.41) is 4.25. The first-order valence-electron chi connectivity index (χ1n) is 11.4. The molecule has 2 heterocycles. The molecule has 1 fully saturated rings. The van der Waals surface area contributed by atoms with Crippen LogP contribution in [0.1, 0.15) is 47.7 Å². The summed E-state index contributed by atoms with van der Waals surface area (Å²) in [7, 11) is 0. The van der Waals surface area contributed by atoms with Crippen molar-refractivity contribution < 1.29 is 4.79 Å². The van der Waals surface area contributed by atoms with Crippen molar-refractivity contribution in [2.24, 2.45) is 0 Å². The third-order valence-corrected chi connectivity index (χ3v) is 6.87. The van der Waals surface area contributed by atoms with Crippen molar-refractivity contribution in [3.8, 4) is 0 Å². The number of benzene rings is 2.